The van der Waals surface area contributed by atoms with Crippen molar-refractivity contribution in [1.29, 1.82) is 0 Å². The summed E-state index contributed by atoms with van der Waals surface area (Å²) >= 11 is 0. The molecule has 2 atom stereocenters. The van der Waals surface area contributed by atoms with Gasteiger partial charge in [-0.25, -0.2) is 0 Å². The van der Waals surface area contributed by atoms with Crippen LogP contribution in [0.3, 0.4) is 0 Å². The first-order valence-electron chi connectivity index (χ1n) is 6.94. The molecule has 100 valence electrons. The summed E-state index contributed by atoms with van der Waals surface area (Å²) in [5, 5.41) is 3.36. The van der Waals surface area contributed by atoms with Gasteiger partial charge in [-0.05, 0) is 39.8 Å². The third kappa shape index (κ3) is 4.54. The van der Waals surface area contributed by atoms with Gasteiger partial charge in [0.1, 0.15) is 0 Å². The van der Waals surface area contributed by atoms with Crippen LogP contribution in [0.5, 0.6) is 0 Å². The molecular weight excluding hydrogens is 216 g/mol. The molecule has 2 saturated heterocycles. The van der Waals surface area contributed by atoms with Crippen molar-refractivity contribution in [2.45, 2.75) is 45.0 Å². The fraction of sp³-hybridized carbons (Fsp3) is 1.00. The van der Waals surface area contributed by atoms with Gasteiger partial charge in [0.25, 0.3) is 0 Å². The molecule has 4 heteroatoms. The van der Waals surface area contributed by atoms with Gasteiger partial charge in [-0.2, -0.15) is 0 Å². The molecule has 2 aliphatic rings. The Bertz CT molecular complexity index is 209. The number of rotatable bonds is 4. The van der Waals surface area contributed by atoms with Crippen molar-refractivity contribution >= 4 is 0 Å². The van der Waals surface area contributed by atoms with Crippen LogP contribution in [-0.4, -0.2) is 62.5 Å². The van der Waals surface area contributed by atoms with E-state index in [1.54, 1.807) is 0 Å². The van der Waals surface area contributed by atoms with Gasteiger partial charge >= 0.3 is 0 Å². The Labute approximate surface area is 105 Å². The molecule has 0 aromatic rings. The van der Waals surface area contributed by atoms with E-state index in [4.69, 9.17) is 9.47 Å². The maximum Gasteiger partial charge on any atom is 0.0678 e. The number of nitrogens with one attached hydrogen (secondary N) is 1. The van der Waals surface area contributed by atoms with Crippen LogP contribution in [0.15, 0.2) is 0 Å². The first kappa shape index (κ1) is 13.3. The first-order valence-corrected chi connectivity index (χ1v) is 6.94. The van der Waals surface area contributed by atoms with Crippen LogP contribution in [0.4, 0.5) is 0 Å². The van der Waals surface area contributed by atoms with E-state index in [-0.39, 0.29) is 0 Å². The summed E-state index contributed by atoms with van der Waals surface area (Å²) in [5.41, 5.74) is 0. The van der Waals surface area contributed by atoms with Crippen molar-refractivity contribution in [3.8, 4) is 0 Å². The predicted molar refractivity (Wildman–Crippen MR) is 68.3 cm³/mol. The molecule has 4 nitrogen and oxygen atoms in total. The third-order valence-corrected chi connectivity index (χ3v) is 3.54. The molecule has 0 unspecified atom stereocenters. The lowest BCUT2D eigenvalue weighted by molar-refractivity contribution is -0.0770. The average Bonchev–Trinajstić information content (AvgIpc) is 2.29. The second kappa shape index (κ2) is 6.69. The molecule has 17 heavy (non-hydrogen) atoms. The van der Waals surface area contributed by atoms with Crippen molar-refractivity contribution in [3.05, 3.63) is 0 Å². The van der Waals surface area contributed by atoms with E-state index < -0.39 is 0 Å². The summed E-state index contributed by atoms with van der Waals surface area (Å²) in [6, 6.07) is 0. The predicted octanol–water partition coefficient (Wildman–Crippen LogP) is 0.864. The fourth-order valence-corrected chi connectivity index (χ4v) is 2.78. The molecule has 0 amide bonds. The topological polar surface area (TPSA) is 33.7 Å². The number of ether oxygens (including phenoxy) is 2. The minimum Gasteiger partial charge on any atom is -0.377 e. The first-order chi connectivity index (χ1) is 8.24. The Hall–Kier alpha value is -0.160. The summed E-state index contributed by atoms with van der Waals surface area (Å²) < 4.78 is 11.7. The van der Waals surface area contributed by atoms with Gasteiger partial charge in [0.15, 0.2) is 0 Å². The zero-order valence-electron chi connectivity index (χ0n) is 11.2. The van der Waals surface area contributed by atoms with Gasteiger partial charge in [-0.1, -0.05) is 0 Å². The third-order valence-electron chi connectivity index (χ3n) is 3.54. The van der Waals surface area contributed by atoms with E-state index in [1.807, 2.05) is 0 Å². The summed E-state index contributed by atoms with van der Waals surface area (Å²) in [4.78, 5) is 2.46. The zero-order chi connectivity index (χ0) is 12.1. The number of piperidine rings is 1. The summed E-state index contributed by atoms with van der Waals surface area (Å²) in [5.74, 6) is 0. The van der Waals surface area contributed by atoms with Crippen molar-refractivity contribution in [1.82, 2.24) is 10.2 Å². The van der Waals surface area contributed by atoms with Crippen LogP contribution in [0.25, 0.3) is 0 Å². The normalized spacial score (nSPS) is 32.8. The standard InChI is InChI=1S/C13H26N2O2/c1-11-9-15(10-12(2)17-11)7-8-16-13-3-5-14-6-4-13/h11-14H,3-10H2,1-2H3/t11-,12+. The van der Waals surface area contributed by atoms with Crippen LogP contribution in [-0.2, 0) is 9.47 Å². The summed E-state index contributed by atoms with van der Waals surface area (Å²) in [6.45, 7) is 10.5. The van der Waals surface area contributed by atoms with Gasteiger partial charge in [-0.3, -0.25) is 4.90 Å². The highest BCUT2D eigenvalue weighted by atomic mass is 16.5. The van der Waals surface area contributed by atoms with Crippen LogP contribution >= 0.6 is 0 Å². The molecule has 0 aliphatic carbocycles. The van der Waals surface area contributed by atoms with Crippen LogP contribution in [0.2, 0.25) is 0 Å². The Morgan fingerprint density at radius 1 is 1.18 bits per heavy atom. The van der Waals surface area contributed by atoms with Gasteiger partial charge in [0.05, 0.1) is 24.9 Å². The molecule has 1 N–H and O–H groups in total. The Kier molecular flexibility index (Phi) is 5.22. The van der Waals surface area contributed by atoms with Crippen LogP contribution < -0.4 is 5.32 Å². The largest absolute Gasteiger partial charge is 0.377 e. The molecule has 2 fully saturated rings. The minimum atomic E-state index is 0.359. The van der Waals surface area contributed by atoms with E-state index in [9.17, 15) is 0 Å². The molecule has 0 radical (unpaired) electrons. The van der Waals surface area contributed by atoms with E-state index in [2.05, 4.69) is 24.1 Å². The van der Waals surface area contributed by atoms with E-state index >= 15 is 0 Å². The lowest BCUT2D eigenvalue weighted by Gasteiger charge is -2.35. The van der Waals surface area contributed by atoms with Gasteiger partial charge in [-0.15, -0.1) is 0 Å². The lowest BCUT2D eigenvalue weighted by atomic mass is 10.1. The van der Waals surface area contributed by atoms with E-state index in [0.717, 1.165) is 52.2 Å². The fourth-order valence-electron chi connectivity index (χ4n) is 2.78. The summed E-state index contributed by atoms with van der Waals surface area (Å²) in [7, 11) is 0. The van der Waals surface area contributed by atoms with Crippen LogP contribution in [0, 0.1) is 0 Å². The van der Waals surface area contributed by atoms with Gasteiger partial charge in [0, 0.05) is 19.6 Å². The molecule has 0 bridgehead atoms. The number of hydrogen-bond donors (Lipinski definition) is 1. The molecule has 2 heterocycles. The number of hydrogen-bond acceptors (Lipinski definition) is 4. The monoisotopic (exact) mass is 242 g/mol. The van der Waals surface area contributed by atoms with E-state index in [1.165, 1.54) is 0 Å². The minimum absolute atomic E-state index is 0.359. The van der Waals surface area contributed by atoms with Crippen molar-refractivity contribution < 1.29 is 9.47 Å². The van der Waals surface area contributed by atoms with Gasteiger partial charge < -0.3 is 14.8 Å². The SMILES string of the molecule is C[C@@H]1CN(CCOC2CCNCC2)C[C@H](C)O1. The number of morpholine rings is 1. The number of nitrogens with zero attached hydrogens (tertiary/aromatic N) is 1. The molecule has 0 aromatic heterocycles. The van der Waals surface area contributed by atoms with E-state index in [0.29, 0.717) is 18.3 Å². The highest BCUT2D eigenvalue weighted by molar-refractivity contribution is 4.73. The molecule has 0 spiro atoms. The lowest BCUT2D eigenvalue weighted by Crippen LogP contribution is -2.46. The molecule has 2 aliphatic heterocycles. The molecule has 0 aromatic carbocycles. The van der Waals surface area contributed by atoms with Crippen molar-refractivity contribution in [2.24, 2.45) is 0 Å². The van der Waals surface area contributed by atoms with Crippen molar-refractivity contribution in [3.63, 3.8) is 0 Å². The highest BCUT2D eigenvalue weighted by Crippen LogP contribution is 2.11. The Morgan fingerprint density at radius 3 is 2.47 bits per heavy atom. The quantitative estimate of drug-likeness (QED) is 0.793. The Morgan fingerprint density at radius 2 is 1.82 bits per heavy atom. The average molecular weight is 242 g/mol. The van der Waals surface area contributed by atoms with Crippen molar-refractivity contribution in [2.75, 3.05) is 39.3 Å². The van der Waals surface area contributed by atoms with Crippen LogP contribution in [0.1, 0.15) is 26.7 Å². The maximum atomic E-state index is 5.93. The zero-order valence-corrected chi connectivity index (χ0v) is 11.2. The maximum absolute atomic E-state index is 5.93. The molecule has 0 saturated carbocycles. The second-order valence-electron chi connectivity index (χ2n) is 5.34. The van der Waals surface area contributed by atoms with Gasteiger partial charge in [0.2, 0.25) is 0 Å². The molecular formula is C13H26N2O2. The second-order valence-corrected chi connectivity index (χ2v) is 5.34. The molecule has 2 rings (SSSR count). The smallest absolute Gasteiger partial charge is 0.0678 e. The highest BCUT2D eigenvalue weighted by Gasteiger charge is 2.22. The Balaban J connectivity index is 1.60. The summed E-state index contributed by atoms with van der Waals surface area (Å²) in [6.07, 6.45) is 3.52.